The van der Waals surface area contributed by atoms with Crippen LogP contribution in [0.3, 0.4) is 0 Å². The number of nitrogens with zero attached hydrogens (tertiary/aromatic N) is 2. The number of thioether (sulfide) groups is 1. The third-order valence-corrected chi connectivity index (χ3v) is 5.76. The van der Waals surface area contributed by atoms with Gasteiger partial charge in [0.15, 0.2) is 16.3 Å². The second-order valence-electron chi connectivity index (χ2n) is 5.87. The van der Waals surface area contributed by atoms with E-state index in [2.05, 4.69) is 15.8 Å². The average Bonchev–Trinajstić information content (AvgIpc) is 3.01. The Balaban J connectivity index is 2.05. The summed E-state index contributed by atoms with van der Waals surface area (Å²) >= 11 is 3.25. The Hall–Kier alpha value is -2.25. The van der Waals surface area contributed by atoms with Crippen molar-refractivity contribution in [3.8, 4) is 11.5 Å². The standard InChI is InChI=1S/C20H22N2O3S2/c1-24-16-12-15-18(13-17(16)25-2)27-20(22(15)9-10-26-3)21-19(23)11-14-7-5-4-6-8-14/h4-8,12-13H,9-11H2,1-3H3. The number of aromatic nitrogens is 1. The van der Waals surface area contributed by atoms with E-state index in [-0.39, 0.29) is 5.91 Å². The zero-order valence-corrected chi connectivity index (χ0v) is 17.2. The van der Waals surface area contributed by atoms with Gasteiger partial charge in [-0.2, -0.15) is 16.8 Å². The van der Waals surface area contributed by atoms with Gasteiger partial charge >= 0.3 is 0 Å². The topological polar surface area (TPSA) is 52.8 Å². The summed E-state index contributed by atoms with van der Waals surface area (Å²) in [6.07, 6.45) is 2.36. The van der Waals surface area contributed by atoms with Crippen LogP contribution in [0.25, 0.3) is 10.2 Å². The highest BCUT2D eigenvalue weighted by molar-refractivity contribution is 7.98. The average molecular weight is 403 g/mol. The number of methoxy groups -OCH3 is 2. The van der Waals surface area contributed by atoms with Crippen LogP contribution >= 0.6 is 23.1 Å². The van der Waals surface area contributed by atoms with Gasteiger partial charge in [0.2, 0.25) is 0 Å². The SMILES string of the molecule is COc1cc2sc(=NC(=O)Cc3ccccc3)n(CCSC)c2cc1OC. The molecule has 5 nitrogen and oxygen atoms in total. The lowest BCUT2D eigenvalue weighted by Gasteiger charge is -2.09. The van der Waals surface area contributed by atoms with Crippen LogP contribution in [0.1, 0.15) is 5.56 Å². The summed E-state index contributed by atoms with van der Waals surface area (Å²) in [6, 6.07) is 13.6. The van der Waals surface area contributed by atoms with Gasteiger partial charge in [0.25, 0.3) is 5.91 Å². The summed E-state index contributed by atoms with van der Waals surface area (Å²) in [7, 11) is 3.24. The predicted octanol–water partition coefficient (Wildman–Crippen LogP) is 3.75. The van der Waals surface area contributed by atoms with Gasteiger partial charge in [0.1, 0.15) is 0 Å². The number of fused-ring (bicyclic) bond motifs is 1. The minimum atomic E-state index is -0.149. The molecule has 0 bridgehead atoms. The number of hydrogen-bond donors (Lipinski definition) is 0. The largest absolute Gasteiger partial charge is 0.493 e. The van der Waals surface area contributed by atoms with Crippen molar-refractivity contribution in [1.82, 2.24) is 4.57 Å². The first-order chi connectivity index (χ1) is 13.2. The van der Waals surface area contributed by atoms with Gasteiger partial charge in [-0.3, -0.25) is 4.79 Å². The molecule has 0 unspecified atom stereocenters. The highest BCUT2D eigenvalue weighted by Crippen LogP contribution is 2.33. The van der Waals surface area contributed by atoms with Gasteiger partial charge in [-0.1, -0.05) is 41.7 Å². The molecule has 0 radical (unpaired) electrons. The predicted molar refractivity (Wildman–Crippen MR) is 112 cm³/mol. The van der Waals surface area contributed by atoms with Crippen LogP contribution in [0.2, 0.25) is 0 Å². The number of aryl methyl sites for hydroxylation is 1. The van der Waals surface area contributed by atoms with Crippen LogP contribution in [0.4, 0.5) is 0 Å². The maximum absolute atomic E-state index is 12.5. The van der Waals surface area contributed by atoms with Crippen molar-refractivity contribution in [2.45, 2.75) is 13.0 Å². The molecule has 0 fully saturated rings. The Morgan fingerprint density at radius 3 is 2.52 bits per heavy atom. The summed E-state index contributed by atoms with van der Waals surface area (Å²) in [6.45, 7) is 0.772. The number of carbonyl (C=O) groups is 1. The molecule has 0 spiro atoms. The molecule has 0 saturated carbocycles. The number of amides is 1. The van der Waals surface area contributed by atoms with Crippen molar-refractivity contribution in [1.29, 1.82) is 0 Å². The molecule has 0 atom stereocenters. The Labute approximate surface area is 166 Å². The highest BCUT2D eigenvalue weighted by Gasteiger charge is 2.13. The molecule has 142 valence electrons. The molecule has 27 heavy (non-hydrogen) atoms. The van der Waals surface area contributed by atoms with Gasteiger partial charge in [0.05, 0.1) is 30.9 Å². The van der Waals surface area contributed by atoms with Crippen LogP contribution in [0.5, 0.6) is 11.5 Å². The molecule has 3 rings (SSSR count). The molecule has 0 aliphatic rings. The van der Waals surface area contributed by atoms with Crippen molar-refractivity contribution in [3.05, 3.63) is 52.8 Å². The monoisotopic (exact) mass is 402 g/mol. The first-order valence-corrected chi connectivity index (χ1v) is 10.7. The van der Waals surface area contributed by atoms with Crippen LogP contribution < -0.4 is 14.3 Å². The van der Waals surface area contributed by atoms with E-state index in [1.54, 1.807) is 26.0 Å². The summed E-state index contributed by atoms with van der Waals surface area (Å²) in [4.78, 5) is 17.6. The number of carbonyl (C=O) groups excluding carboxylic acids is 1. The molecular weight excluding hydrogens is 380 g/mol. The van der Waals surface area contributed by atoms with Gasteiger partial charge in [-0.15, -0.1) is 0 Å². The zero-order chi connectivity index (χ0) is 19.2. The Kier molecular flexibility index (Phi) is 6.58. The molecule has 0 saturated heterocycles. The summed E-state index contributed by atoms with van der Waals surface area (Å²) < 4.78 is 13.9. The molecule has 0 aliphatic carbocycles. The van der Waals surface area contributed by atoms with Crippen molar-refractivity contribution < 1.29 is 14.3 Å². The van der Waals surface area contributed by atoms with E-state index >= 15 is 0 Å². The quantitative estimate of drug-likeness (QED) is 0.604. The summed E-state index contributed by atoms with van der Waals surface area (Å²) in [5, 5.41) is 0. The fraction of sp³-hybridized carbons (Fsp3) is 0.300. The van der Waals surface area contributed by atoms with Crippen molar-refractivity contribution in [3.63, 3.8) is 0 Å². The molecule has 3 aromatic rings. The number of rotatable bonds is 7. The smallest absolute Gasteiger partial charge is 0.252 e. The van der Waals surface area contributed by atoms with Crippen molar-refractivity contribution in [2.75, 3.05) is 26.2 Å². The molecule has 2 aromatic carbocycles. The Morgan fingerprint density at radius 2 is 1.85 bits per heavy atom. The molecular formula is C20H22N2O3S2. The summed E-state index contributed by atoms with van der Waals surface area (Å²) in [5.41, 5.74) is 1.96. The molecule has 0 aliphatic heterocycles. The maximum atomic E-state index is 12.5. The van der Waals surface area contributed by atoms with Crippen LogP contribution in [-0.4, -0.2) is 36.7 Å². The minimum Gasteiger partial charge on any atom is -0.493 e. The Bertz CT molecular complexity index is 994. The first kappa shape index (κ1) is 19.5. The first-order valence-electron chi connectivity index (χ1n) is 8.52. The van der Waals surface area contributed by atoms with E-state index in [0.29, 0.717) is 22.7 Å². The zero-order valence-electron chi connectivity index (χ0n) is 15.6. The van der Waals surface area contributed by atoms with Crippen molar-refractivity contribution >= 4 is 39.2 Å². The minimum absolute atomic E-state index is 0.149. The molecule has 1 aromatic heterocycles. The van der Waals surface area contributed by atoms with E-state index in [0.717, 1.165) is 28.1 Å². The lowest BCUT2D eigenvalue weighted by molar-refractivity contribution is -0.117. The van der Waals surface area contributed by atoms with Crippen molar-refractivity contribution in [2.24, 2.45) is 4.99 Å². The third-order valence-electron chi connectivity index (χ3n) is 4.13. The lowest BCUT2D eigenvalue weighted by Crippen LogP contribution is -2.18. The van der Waals surface area contributed by atoms with Gasteiger partial charge in [-0.05, 0) is 11.8 Å². The number of benzene rings is 2. The number of thiazole rings is 1. The second-order valence-corrected chi connectivity index (χ2v) is 7.87. The number of ether oxygens (including phenoxy) is 2. The van der Waals surface area contributed by atoms with Crippen LogP contribution in [0, 0.1) is 0 Å². The van der Waals surface area contributed by atoms with Gasteiger partial charge in [0, 0.05) is 24.4 Å². The van der Waals surface area contributed by atoms with E-state index in [1.165, 1.54) is 11.3 Å². The van der Waals surface area contributed by atoms with E-state index in [9.17, 15) is 4.79 Å². The molecule has 1 amide bonds. The molecule has 7 heteroatoms. The lowest BCUT2D eigenvalue weighted by atomic mass is 10.1. The molecule has 1 heterocycles. The fourth-order valence-electron chi connectivity index (χ4n) is 2.80. The highest BCUT2D eigenvalue weighted by atomic mass is 32.2. The normalized spacial score (nSPS) is 11.7. The fourth-order valence-corrected chi connectivity index (χ4v) is 4.25. The second kappa shape index (κ2) is 9.10. The Morgan fingerprint density at radius 1 is 1.15 bits per heavy atom. The van der Waals surface area contributed by atoms with Gasteiger partial charge < -0.3 is 14.0 Å². The molecule has 0 N–H and O–H groups in total. The third kappa shape index (κ3) is 4.54. The van der Waals surface area contributed by atoms with Crippen LogP contribution in [-0.2, 0) is 17.8 Å². The van der Waals surface area contributed by atoms with Gasteiger partial charge in [-0.25, -0.2) is 0 Å². The van der Waals surface area contributed by atoms with E-state index < -0.39 is 0 Å². The maximum Gasteiger partial charge on any atom is 0.252 e. The van der Waals surface area contributed by atoms with E-state index in [1.807, 2.05) is 42.5 Å². The van der Waals surface area contributed by atoms with Crippen LogP contribution in [0.15, 0.2) is 47.5 Å². The van der Waals surface area contributed by atoms with E-state index in [4.69, 9.17) is 9.47 Å². The number of hydrogen-bond acceptors (Lipinski definition) is 5. The summed E-state index contributed by atoms with van der Waals surface area (Å²) in [5.74, 6) is 2.12.